The smallest absolute Gasteiger partial charge is 0.215 e. The van der Waals surface area contributed by atoms with Crippen molar-refractivity contribution in [2.24, 2.45) is 0 Å². The predicted molar refractivity (Wildman–Crippen MR) is 94.9 cm³/mol. The average molecular weight is 315 g/mol. The number of aromatic nitrogens is 2. The fraction of sp³-hybridized carbons (Fsp3) is 0.353. The lowest BCUT2D eigenvalue weighted by atomic mass is 10.1. The number of hydrogen-bond acceptors (Lipinski definition) is 6. The Hall–Kier alpha value is -2.47. The Labute approximate surface area is 138 Å². The number of rotatable bonds is 3. The van der Waals surface area contributed by atoms with Crippen molar-refractivity contribution in [3.8, 4) is 0 Å². The zero-order chi connectivity index (χ0) is 16.2. The number of nitrogens with two attached hydrogens (primary N) is 1. The second-order valence-electron chi connectivity index (χ2n) is 5.79. The first-order valence-corrected chi connectivity index (χ1v) is 7.81. The second kappa shape index (κ2) is 6.75. The molecule has 1 fully saturated rings. The van der Waals surface area contributed by atoms with Gasteiger partial charge in [0.2, 0.25) is 5.78 Å². The third kappa shape index (κ3) is 3.48. The Kier molecular flexibility index (Phi) is 4.52. The summed E-state index contributed by atoms with van der Waals surface area (Å²) in [5, 5.41) is 0. The molecule has 3 heterocycles. The van der Waals surface area contributed by atoms with Crippen LogP contribution in [0.25, 0.3) is 0 Å². The van der Waals surface area contributed by atoms with Crippen molar-refractivity contribution in [1.29, 1.82) is 0 Å². The standard InChI is InChI=1S/C17H21N5O.2H2/c1-21-9-4-10-22(12-11-21)15-7-2-6-14(20-15)16(23)13-5-3-8-19-17(13)18;;/h2-3,5-8H,4,9-12H2,1H3,(H2,18,19);2*1H. The van der Waals surface area contributed by atoms with Crippen LogP contribution in [0, 0.1) is 0 Å². The highest BCUT2D eigenvalue weighted by molar-refractivity contribution is 6.10. The average Bonchev–Trinajstić information content (AvgIpc) is 2.79. The Balaban J connectivity index is 0.00000156. The molecule has 0 unspecified atom stereocenters. The van der Waals surface area contributed by atoms with Crippen LogP contribution in [0.5, 0.6) is 0 Å². The van der Waals surface area contributed by atoms with Gasteiger partial charge in [-0.25, -0.2) is 9.97 Å². The van der Waals surface area contributed by atoms with Gasteiger partial charge in [-0.2, -0.15) is 0 Å². The zero-order valence-corrected chi connectivity index (χ0v) is 13.3. The molecular weight excluding hydrogens is 290 g/mol. The molecule has 2 aromatic heterocycles. The summed E-state index contributed by atoms with van der Waals surface area (Å²) < 4.78 is 0. The first-order valence-electron chi connectivity index (χ1n) is 7.81. The van der Waals surface area contributed by atoms with E-state index in [-0.39, 0.29) is 14.5 Å². The molecule has 0 saturated carbocycles. The number of likely N-dealkylation sites (N-methyl/N-ethyl adjacent to an activating group) is 1. The second-order valence-corrected chi connectivity index (χ2v) is 5.79. The molecule has 2 N–H and O–H groups in total. The van der Waals surface area contributed by atoms with E-state index in [4.69, 9.17) is 5.73 Å². The van der Waals surface area contributed by atoms with Gasteiger partial charge < -0.3 is 15.5 Å². The minimum atomic E-state index is -0.190. The van der Waals surface area contributed by atoms with E-state index < -0.39 is 0 Å². The van der Waals surface area contributed by atoms with Crippen LogP contribution < -0.4 is 10.6 Å². The number of nitrogen functional groups attached to an aromatic ring is 1. The van der Waals surface area contributed by atoms with E-state index in [1.807, 2.05) is 12.1 Å². The molecule has 0 bridgehead atoms. The van der Waals surface area contributed by atoms with Gasteiger partial charge in [-0.1, -0.05) is 6.07 Å². The Morgan fingerprint density at radius 3 is 2.87 bits per heavy atom. The maximum Gasteiger partial charge on any atom is 0.215 e. The first-order chi connectivity index (χ1) is 11.1. The fourth-order valence-corrected chi connectivity index (χ4v) is 2.75. The van der Waals surface area contributed by atoms with Crippen molar-refractivity contribution in [3.63, 3.8) is 0 Å². The monoisotopic (exact) mass is 315 g/mol. The van der Waals surface area contributed by atoms with Gasteiger partial charge in [-0.05, 0) is 44.3 Å². The molecule has 1 aliphatic heterocycles. The van der Waals surface area contributed by atoms with E-state index in [1.165, 1.54) is 0 Å². The van der Waals surface area contributed by atoms with Gasteiger partial charge in [0.1, 0.15) is 17.3 Å². The summed E-state index contributed by atoms with van der Waals surface area (Å²) in [6.07, 6.45) is 2.66. The Morgan fingerprint density at radius 2 is 2.04 bits per heavy atom. The van der Waals surface area contributed by atoms with Gasteiger partial charge in [0.05, 0.1) is 5.56 Å². The molecule has 6 nitrogen and oxygen atoms in total. The molecule has 6 heteroatoms. The van der Waals surface area contributed by atoms with Crippen molar-refractivity contribution < 1.29 is 7.65 Å². The number of ketones is 1. The highest BCUT2D eigenvalue weighted by Crippen LogP contribution is 2.17. The molecule has 0 amide bonds. The zero-order valence-electron chi connectivity index (χ0n) is 13.3. The number of nitrogens with zero attached hydrogens (tertiary/aromatic N) is 4. The maximum atomic E-state index is 12.6. The Bertz CT molecular complexity index is 713. The first kappa shape index (κ1) is 15.4. The van der Waals surface area contributed by atoms with E-state index in [9.17, 15) is 4.79 Å². The normalized spacial score (nSPS) is 16.1. The van der Waals surface area contributed by atoms with Crippen LogP contribution >= 0.6 is 0 Å². The number of pyridine rings is 2. The molecule has 2 aromatic rings. The summed E-state index contributed by atoms with van der Waals surface area (Å²) >= 11 is 0. The van der Waals surface area contributed by atoms with Crippen LogP contribution in [-0.4, -0.2) is 53.9 Å². The minimum Gasteiger partial charge on any atom is -0.383 e. The van der Waals surface area contributed by atoms with Crippen molar-refractivity contribution >= 4 is 17.4 Å². The molecule has 0 aliphatic carbocycles. The van der Waals surface area contributed by atoms with Crippen LogP contribution in [0.1, 0.15) is 25.3 Å². The molecule has 23 heavy (non-hydrogen) atoms. The van der Waals surface area contributed by atoms with Crippen molar-refractivity contribution in [2.45, 2.75) is 6.42 Å². The quantitative estimate of drug-likeness (QED) is 0.872. The summed E-state index contributed by atoms with van der Waals surface area (Å²) in [6, 6.07) is 8.94. The molecule has 0 radical (unpaired) electrons. The molecule has 3 rings (SSSR count). The van der Waals surface area contributed by atoms with Crippen LogP contribution in [-0.2, 0) is 0 Å². The number of carbonyl (C=O) groups excluding carboxylic acids is 1. The highest BCUT2D eigenvalue weighted by atomic mass is 16.1. The summed E-state index contributed by atoms with van der Waals surface area (Å²) in [7, 11) is 2.13. The van der Waals surface area contributed by atoms with Gasteiger partial charge >= 0.3 is 0 Å². The number of carbonyl (C=O) groups is 1. The van der Waals surface area contributed by atoms with Gasteiger partial charge in [0.15, 0.2) is 0 Å². The third-order valence-corrected chi connectivity index (χ3v) is 4.09. The molecule has 1 aliphatic rings. The molecule has 1 saturated heterocycles. The lowest BCUT2D eigenvalue weighted by molar-refractivity contribution is 0.103. The topological polar surface area (TPSA) is 75.3 Å². The van der Waals surface area contributed by atoms with E-state index in [0.29, 0.717) is 11.3 Å². The largest absolute Gasteiger partial charge is 0.383 e. The summed E-state index contributed by atoms with van der Waals surface area (Å²) in [6.45, 7) is 3.94. The summed E-state index contributed by atoms with van der Waals surface area (Å²) in [5.74, 6) is 0.888. The van der Waals surface area contributed by atoms with Crippen LogP contribution in [0.3, 0.4) is 0 Å². The lowest BCUT2D eigenvalue weighted by Crippen LogP contribution is -2.29. The van der Waals surface area contributed by atoms with Crippen molar-refractivity contribution in [2.75, 3.05) is 43.9 Å². The van der Waals surface area contributed by atoms with Gasteiger partial charge in [-0.15, -0.1) is 0 Å². The van der Waals surface area contributed by atoms with Crippen molar-refractivity contribution in [3.05, 3.63) is 47.8 Å². The molecule has 0 atom stereocenters. The van der Waals surface area contributed by atoms with Crippen molar-refractivity contribution in [1.82, 2.24) is 14.9 Å². The van der Waals surface area contributed by atoms with E-state index >= 15 is 0 Å². The molecule has 124 valence electrons. The van der Waals surface area contributed by atoms with Crippen LogP contribution in [0.4, 0.5) is 11.6 Å². The van der Waals surface area contributed by atoms with Crippen LogP contribution in [0.2, 0.25) is 0 Å². The Morgan fingerprint density at radius 1 is 1.17 bits per heavy atom. The lowest BCUT2D eigenvalue weighted by Gasteiger charge is -2.22. The summed E-state index contributed by atoms with van der Waals surface area (Å²) in [4.78, 5) is 25.7. The fourth-order valence-electron chi connectivity index (χ4n) is 2.75. The van der Waals surface area contributed by atoms with Gasteiger partial charge in [0.25, 0.3) is 0 Å². The van der Waals surface area contributed by atoms with E-state index in [0.717, 1.165) is 38.4 Å². The van der Waals surface area contributed by atoms with E-state index in [2.05, 4.69) is 26.8 Å². The molecule has 0 aromatic carbocycles. The number of anilines is 2. The van der Waals surface area contributed by atoms with E-state index in [1.54, 1.807) is 24.4 Å². The molecule has 0 spiro atoms. The highest BCUT2D eigenvalue weighted by Gasteiger charge is 2.17. The summed E-state index contributed by atoms with van der Waals surface area (Å²) in [5.41, 5.74) is 6.60. The maximum absolute atomic E-state index is 12.6. The SMILES string of the molecule is CN1CCCN(c2cccc(C(=O)c3cccnc3N)n2)CC1.[HH].[HH]. The predicted octanol–water partition coefficient (Wildman–Crippen LogP) is 1.92. The third-order valence-electron chi connectivity index (χ3n) is 4.09. The van der Waals surface area contributed by atoms with Gasteiger partial charge in [-0.3, -0.25) is 4.79 Å². The van der Waals surface area contributed by atoms with Gasteiger partial charge in [0, 0.05) is 28.7 Å². The minimum absolute atomic E-state index is 0. The van der Waals surface area contributed by atoms with Crippen LogP contribution in [0.15, 0.2) is 36.5 Å². The number of hydrogen-bond donors (Lipinski definition) is 1. The molecular formula is C17H25N5O.